The third-order valence-electron chi connectivity index (χ3n) is 5.11. The smallest absolute Gasteiger partial charge is 0.318 e. The van der Waals surface area contributed by atoms with Crippen molar-refractivity contribution < 1.29 is 9.53 Å². The van der Waals surface area contributed by atoms with Gasteiger partial charge in [0.1, 0.15) is 0 Å². The van der Waals surface area contributed by atoms with Crippen LogP contribution >= 0.6 is 0 Å². The molecule has 0 spiro atoms. The van der Waals surface area contributed by atoms with Gasteiger partial charge < -0.3 is 15.0 Å². The van der Waals surface area contributed by atoms with Gasteiger partial charge >= 0.3 is 6.03 Å². The van der Waals surface area contributed by atoms with Crippen LogP contribution < -0.4 is 5.32 Å². The van der Waals surface area contributed by atoms with Crippen LogP contribution in [0, 0.1) is 13.8 Å². The summed E-state index contributed by atoms with van der Waals surface area (Å²) < 4.78 is 7.71. The molecule has 27 heavy (non-hydrogen) atoms. The van der Waals surface area contributed by atoms with Gasteiger partial charge in [-0.3, -0.25) is 9.67 Å². The lowest BCUT2D eigenvalue weighted by molar-refractivity contribution is 0.0794. The van der Waals surface area contributed by atoms with E-state index in [2.05, 4.69) is 22.3 Å². The van der Waals surface area contributed by atoms with Gasteiger partial charge in [0.2, 0.25) is 0 Å². The number of carbonyl (C=O) groups is 1. The zero-order chi connectivity index (χ0) is 19.2. The summed E-state index contributed by atoms with van der Waals surface area (Å²) in [7, 11) is 0. The number of ether oxygens (including phenoxy) is 1. The first-order valence-electron chi connectivity index (χ1n) is 9.64. The summed E-state index contributed by atoms with van der Waals surface area (Å²) in [5.41, 5.74) is 4.22. The zero-order valence-electron chi connectivity index (χ0n) is 16.4. The highest BCUT2D eigenvalue weighted by atomic mass is 16.5. The molecule has 1 fully saturated rings. The maximum atomic E-state index is 12.9. The molecule has 3 rings (SSSR count). The summed E-state index contributed by atoms with van der Waals surface area (Å²) in [6.07, 6.45) is 5.68. The van der Waals surface area contributed by atoms with E-state index in [4.69, 9.17) is 4.74 Å². The van der Waals surface area contributed by atoms with Crippen LogP contribution in [0.15, 0.2) is 24.5 Å². The molecule has 146 valence electrons. The quantitative estimate of drug-likeness (QED) is 0.812. The molecule has 1 atom stereocenters. The minimum atomic E-state index is -0.0784. The van der Waals surface area contributed by atoms with E-state index in [0.29, 0.717) is 19.6 Å². The van der Waals surface area contributed by atoms with Gasteiger partial charge in [-0.25, -0.2) is 4.79 Å². The van der Waals surface area contributed by atoms with Gasteiger partial charge in [0.25, 0.3) is 0 Å². The maximum Gasteiger partial charge on any atom is 0.318 e. The molecule has 1 saturated heterocycles. The molecular weight excluding hydrogens is 342 g/mol. The number of carbonyl (C=O) groups excluding carboxylic acids is 1. The molecule has 0 aromatic carbocycles. The molecule has 1 aliphatic rings. The topological polar surface area (TPSA) is 72.3 Å². The van der Waals surface area contributed by atoms with Crippen molar-refractivity contribution in [2.45, 2.75) is 59.4 Å². The fourth-order valence-electron chi connectivity index (χ4n) is 3.54. The second-order valence-electron chi connectivity index (χ2n) is 6.99. The average Bonchev–Trinajstić information content (AvgIpc) is 3.28. The largest absolute Gasteiger partial charge is 0.376 e. The van der Waals surface area contributed by atoms with Gasteiger partial charge in [-0.1, -0.05) is 0 Å². The van der Waals surface area contributed by atoms with Crippen LogP contribution in [-0.4, -0.2) is 45.0 Å². The normalized spacial score (nSPS) is 16.5. The Bertz CT molecular complexity index is 753. The van der Waals surface area contributed by atoms with Crippen molar-refractivity contribution in [2.24, 2.45) is 0 Å². The zero-order valence-corrected chi connectivity index (χ0v) is 16.4. The fourth-order valence-corrected chi connectivity index (χ4v) is 3.54. The van der Waals surface area contributed by atoms with E-state index in [1.54, 1.807) is 12.4 Å². The van der Waals surface area contributed by atoms with Crippen LogP contribution in [0.2, 0.25) is 0 Å². The van der Waals surface area contributed by atoms with E-state index in [1.165, 1.54) is 0 Å². The van der Waals surface area contributed by atoms with Crippen LogP contribution in [0.4, 0.5) is 4.79 Å². The Morgan fingerprint density at radius 1 is 1.37 bits per heavy atom. The predicted molar refractivity (Wildman–Crippen MR) is 103 cm³/mol. The predicted octanol–water partition coefficient (Wildman–Crippen LogP) is 2.81. The summed E-state index contributed by atoms with van der Waals surface area (Å²) in [6.45, 7) is 9.33. The number of amides is 2. The van der Waals surface area contributed by atoms with E-state index < -0.39 is 0 Å². The average molecular weight is 371 g/mol. The highest BCUT2D eigenvalue weighted by Gasteiger charge is 2.23. The summed E-state index contributed by atoms with van der Waals surface area (Å²) in [5, 5.41) is 7.60. The van der Waals surface area contributed by atoms with Gasteiger partial charge in [-0.2, -0.15) is 5.10 Å². The van der Waals surface area contributed by atoms with Crippen molar-refractivity contribution in [3.8, 4) is 0 Å². The molecule has 7 heteroatoms. The lowest BCUT2D eigenvalue weighted by Gasteiger charge is -2.26. The highest BCUT2D eigenvalue weighted by Crippen LogP contribution is 2.16. The summed E-state index contributed by atoms with van der Waals surface area (Å²) in [5.74, 6) is 0. The summed E-state index contributed by atoms with van der Waals surface area (Å²) in [4.78, 5) is 18.8. The standard InChI is InChI=1S/C20H29N5O2/c1-4-25-16(3)19(15(2)23-25)12-22-20(26)24(14-18-6-5-11-27-18)13-17-7-9-21-10-8-17/h7-10,18H,4-6,11-14H2,1-3H3,(H,22,26)/t18-/m1/s1. The molecule has 2 amide bonds. The van der Waals surface area contributed by atoms with E-state index in [9.17, 15) is 4.79 Å². The Kier molecular flexibility index (Phi) is 6.45. The number of aromatic nitrogens is 3. The first-order chi connectivity index (χ1) is 13.1. The number of hydrogen-bond donors (Lipinski definition) is 1. The van der Waals surface area contributed by atoms with Gasteiger partial charge in [0.05, 0.1) is 11.8 Å². The Morgan fingerprint density at radius 2 is 2.15 bits per heavy atom. The van der Waals surface area contributed by atoms with E-state index in [1.807, 2.05) is 35.6 Å². The van der Waals surface area contributed by atoms with Crippen molar-refractivity contribution >= 4 is 6.03 Å². The molecule has 0 bridgehead atoms. The lowest BCUT2D eigenvalue weighted by atomic mass is 10.2. The molecule has 0 radical (unpaired) electrons. The second-order valence-corrected chi connectivity index (χ2v) is 6.99. The van der Waals surface area contributed by atoms with E-state index in [-0.39, 0.29) is 12.1 Å². The SMILES string of the molecule is CCn1nc(C)c(CNC(=O)N(Cc2ccncc2)C[C@H]2CCCO2)c1C. The van der Waals surface area contributed by atoms with Crippen LogP contribution in [0.25, 0.3) is 0 Å². The number of nitrogens with zero attached hydrogens (tertiary/aromatic N) is 4. The lowest BCUT2D eigenvalue weighted by Crippen LogP contribution is -2.43. The Labute approximate surface area is 160 Å². The number of nitrogens with one attached hydrogen (secondary N) is 1. The first kappa shape index (κ1) is 19.4. The van der Waals surface area contributed by atoms with E-state index >= 15 is 0 Å². The van der Waals surface area contributed by atoms with Crippen LogP contribution in [0.3, 0.4) is 0 Å². The highest BCUT2D eigenvalue weighted by molar-refractivity contribution is 5.74. The molecule has 0 aliphatic carbocycles. The van der Waals surface area contributed by atoms with Gasteiger partial charge in [-0.05, 0) is 51.3 Å². The third kappa shape index (κ3) is 4.86. The van der Waals surface area contributed by atoms with Crippen molar-refractivity contribution in [3.63, 3.8) is 0 Å². The van der Waals surface area contributed by atoms with Crippen LogP contribution in [0.5, 0.6) is 0 Å². The minimum absolute atomic E-state index is 0.0784. The number of aryl methyl sites for hydroxylation is 2. The van der Waals surface area contributed by atoms with Gasteiger partial charge in [0, 0.05) is 56.4 Å². The molecule has 7 nitrogen and oxygen atoms in total. The van der Waals surface area contributed by atoms with Gasteiger partial charge in [-0.15, -0.1) is 0 Å². The third-order valence-corrected chi connectivity index (χ3v) is 5.11. The number of urea groups is 1. The molecule has 2 aromatic heterocycles. The second kappa shape index (κ2) is 8.99. The summed E-state index contributed by atoms with van der Waals surface area (Å²) in [6, 6.07) is 3.80. The molecule has 1 N–H and O–H groups in total. The number of hydrogen-bond acceptors (Lipinski definition) is 4. The monoisotopic (exact) mass is 371 g/mol. The van der Waals surface area contributed by atoms with Crippen molar-refractivity contribution in [1.29, 1.82) is 0 Å². The molecule has 3 heterocycles. The maximum absolute atomic E-state index is 12.9. The molecule has 2 aromatic rings. The first-order valence-corrected chi connectivity index (χ1v) is 9.64. The molecular formula is C20H29N5O2. The summed E-state index contributed by atoms with van der Waals surface area (Å²) >= 11 is 0. The van der Waals surface area contributed by atoms with Crippen molar-refractivity contribution in [2.75, 3.05) is 13.2 Å². The molecule has 1 aliphatic heterocycles. The Morgan fingerprint density at radius 3 is 2.78 bits per heavy atom. The fraction of sp³-hybridized carbons (Fsp3) is 0.550. The molecule has 0 unspecified atom stereocenters. The Hall–Kier alpha value is -2.41. The minimum Gasteiger partial charge on any atom is -0.376 e. The van der Waals surface area contributed by atoms with Crippen molar-refractivity contribution in [1.82, 2.24) is 25.0 Å². The van der Waals surface area contributed by atoms with Crippen molar-refractivity contribution in [3.05, 3.63) is 47.0 Å². The number of rotatable bonds is 7. The van der Waals surface area contributed by atoms with Gasteiger partial charge in [0.15, 0.2) is 0 Å². The van der Waals surface area contributed by atoms with Crippen LogP contribution in [-0.2, 0) is 24.4 Å². The Balaban J connectivity index is 1.67. The number of pyridine rings is 1. The van der Waals surface area contributed by atoms with Crippen LogP contribution in [0.1, 0.15) is 42.3 Å². The molecule has 0 saturated carbocycles. The van der Waals surface area contributed by atoms with E-state index in [0.717, 1.165) is 48.5 Å².